The van der Waals surface area contributed by atoms with Gasteiger partial charge in [-0.15, -0.1) is 0 Å². The van der Waals surface area contributed by atoms with E-state index in [9.17, 15) is 9.90 Å². The number of hydrogen-bond donors (Lipinski definition) is 3. The Labute approximate surface area is 92.9 Å². The third-order valence-corrected chi connectivity index (χ3v) is 2.66. The smallest absolute Gasteiger partial charge is 0.234 e. The van der Waals surface area contributed by atoms with Crippen LogP contribution in [0.2, 0.25) is 0 Å². The number of carbonyl (C=O) groups excluding carboxylic acids is 1. The van der Waals surface area contributed by atoms with Gasteiger partial charge in [-0.25, -0.2) is 0 Å². The number of hydrogen-bond acceptors (Lipinski definition) is 4. The van der Waals surface area contributed by atoms with E-state index in [0.717, 1.165) is 5.75 Å². The van der Waals surface area contributed by atoms with Crippen molar-refractivity contribution < 1.29 is 9.90 Å². The average molecular weight is 226 g/mol. The number of nitrogens with one attached hydrogen (secondary N) is 1. The van der Waals surface area contributed by atoms with Gasteiger partial charge in [-0.1, -0.05) is 12.1 Å². The number of rotatable bonds is 5. The predicted molar refractivity (Wildman–Crippen MR) is 63.1 cm³/mol. The van der Waals surface area contributed by atoms with E-state index in [2.05, 4.69) is 5.32 Å². The molecule has 0 spiro atoms. The van der Waals surface area contributed by atoms with Crippen LogP contribution < -0.4 is 11.1 Å². The summed E-state index contributed by atoms with van der Waals surface area (Å²) in [6.07, 6.45) is 0. The lowest BCUT2D eigenvalue weighted by Crippen LogP contribution is -2.15. The van der Waals surface area contributed by atoms with Gasteiger partial charge in [0.05, 0.1) is 11.4 Å². The first-order valence-electron chi connectivity index (χ1n) is 4.59. The number of benzene rings is 1. The summed E-state index contributed by atoms with van der Waals surface area (Å²) in [5.74, 6) is 1.06. The van der Waals surface area contributed by atoms with Gasteiger partial charge in [0, 0.05) is 12.3 Å². The summed E-state index contributed by atoms with van der Waals surface area (Å²) >= 11 is 1.47. The molecule has 0 aliphatic heterocycles. The van der Waals surface area contributed by atoms with Crippen LogP contribution >= 0.6 is 11.8 Å². The molecular formula is C10H14N2O2S. The molecule has 15 heavy (non-hydrogen) atoms. The molecule has 0 saturated heterocycles. The fourth-order valence-corrected chi connectivity index (χ4v) is 1.58. The summed E-state index contributed by atoms with van der Waals surface area (Å²) in [6, 6.07) is 6.64. The highest BCUT2D eigenvalue weighted by Crippen LogP contribution is 2.21. The van der Waals surface area contributed by atoms with E-state index in [-0.39, 0.29) is 11.7 Å². The van der Waals surface area contributed by atoms with Crippen LogP contribution in [-0.4, -0.2) is 29.1 Å². The van der Waals surface area contributed by atoms with Crippen molar-refractivity contribution >= 4 is 23.4 Å². The SMILES string of the molecule is NCCSCC(=O)Nc1ccccc1O. The van der Waals surface area contributed by atoms with Crippen molar-refractivity contribution in [2.24, 2.45) is 5.73 Å². The average Bonchev–Trinajstić information content (AvgIpc) is 2.22. The predicted octanol–water partition coefficient (Wildman–Crippen LogP) is 1.02. The molecule has 1 aromatic rings. The van der Waals surface area contributed by atoms with E-state index in [1.807, 2.05) is 0 Å². The van der Waals surface area contributed by atoms with Gasteiger partial charge in [-0.2, -0.15) is 11.8 Å². The Kier molecular flexibility index (Phi) is 5.00. The van der Waals surface area contributed by atoms with Gasteiger partial charge in [0.2, 0.25) is 5.91 Å². The number of anilines is 1. The molecule has 0 saturated carbocycles. The molecule has 0 aromatic heterocycles. The van der Waals surface area contributed by atoms with E-state index in [4.69, 9.17) is 5.73 Å². The first-order chi connectivity index (χ1) is 7.24. The molecule has 82 valence electrons. The topological polar surface area (TPSA) is 75.4 Å². The molecule has 0 bridgehead atoms. The van der Waals surface area contributed by atoms with E-state index in [0.29, 0.717) is 18.0 Å². The molecule has 1 aromatic carbocycles. The zero-order chi connectivity index (χ0) is 11.1. The second-order valence-corrected chi connectivity index (χ2v) is 4.01. The molecule has 5 heteroatoms. The van der Waals surface area contributed by atoms with E-state index in [1.54, 1.807) is 18.2 Å². The van der Waals surface area contributed by atoms with Crippen molar-refractivity contribution in [3.63, 3.8) is 0 Å². The minimum atomic E-state index is -0.130. The van der Waals surface area contributed by atoms with Crippen LogP contribution in [0.25, 0.3) is 0 Å². The van der Waals surface area contributed by atoms with Crippen LogP contribution in [-0.2, 0) is 4.79 Å². The number of phenols is 1. The Morgan fingerprint density at radius 1 is 1.47 bits per heavy atom. The first-order valence-corrected chi connectivity index (χ1v) is 5.75. The normalized spacial score (nSPS) is 9.93. The van der Waals surface area contributed by atoms with Gasteiger partial charge in [-0.3, -0.25) is 4.79 Å². The van der Waals surface area contributed by atoms with Gasteiger partial charge in [0.25, 0.3) is 0 Å². The number of thioether (sulfide) groups is 1. The second kappa shape index (κ2) is 6.31. The van der Waals surface area contributed by atoms with Crippen LogP contribution in [0.5, 0.6) is 5.75 Å². The minimum Gasteiger partial charge on any atom is -0.506 e. The molecule has 4 N–H and O–H groups in total. The van der Waals surface area contributed by atoms with Crippen molar-refractivity contribution in [2.75, 3.05) is 23.4 Å². The quantitative estimate of drug-likeness (QED) is 0.517. The van der Waals surface area contributed by atoms with E-state index >= 15 is 0 Å². The summed E-state index contributed by atoms with van der Waals surface area (Å²) in [5, 5.41) is 12.0. The molecule has 0 unspecified atom stereocenters. The molecule has 0 aliphatic carbocycles. The molecule has 0 fully saturated rings. The molecule has 1 rings (SSSR count). The molecular weight excluding hydrogens is 212 g/mol. The van der Waals surface area contributed by atoms with Crippen molar-refractivity contribution in [2.45, 2.75) is 0 Å². The zero-order valence-corrected chi connectivity index (χ0v) is 9.09. The number of aromatic hydroxyl groups is 1. The Balaban J connectivity index is 2.41. The van der Waals surface area contributed by atoms with Crippen molar-refractivity contribution in [3.8, 4) is 5.75 Å². The van der Waals surface area contributed by atoms with Crippen LogP contribution in [0.3, 0.4) is 0 Å². The maximum absolute atomic E-state index is 11.4. The lowest BCUT2D eigenvalue weighted by atomic mass is 10.3. The van der Waals surface area contributed by atoms with Gasteiger partial charge in [-0.05, 0) is 12.1 Å². The van der Waals surface area contributed by atoms with Crippen LogP contribution in [0.1, 0.15) is 0 Å². The van der Waals surface area contributed by atoms with Crippen molar-refractivity contribution in [1.29, 1.82) is 0 Å². The third kappa shape index (κ3) is 4.22. The lowest BCUT2D eigenvalue weighted by Gasteiger charge is -2.06. The summed E-state index contributed by atoms with van der Waals surface area (Å²) in [4.78, 5) is 11.4. The Bertz CT molecular complexity index is 331. The van der Waals surface area contributed by atoms with Gasteiger partial charge in [0.15, 0.2) is 0 Å². The largest absolute Gasteiger partial charge is 0.506 e. The Hall–Kier alpha value is -1.20. The second-order valence-electron chi connectivity index (χ2n) is 2.91. The van der Waals surface area contributed by atoms with Crippen molar-refractivity contribution in [3.05, 3.63) is 24.3 Å². The summed E-state index contributed by atoms with van der Waals surface area (Å²) in [7, 11) is 0. The number of para-hydroxylation sites is 2. The molecule has 0 radical (unpaired) electrons. The highest BCUT2D eigenvalue weighted by Gasteiger charge is 2.04. The maximum atomic E-state index is 11.4. The summed E-state index contributed by atoms with van der Waals surface area (Å²) < 4.78 is 0. The number of amides is 1. The van der Waals surface area contributed by atoms with Gasteiger partial charge < -0.3 is 16.2 Å². The maximum Gasteiger partial charge on any atom is 0.234 e. The Morgan fingerprint density at radius 3 is 2.87 bits per heavy atom. The molecule has 0 atom stereocenters. The monoisotopic (exact) mass is 226 g/mol. The highest BCUT2D eigenvalue weighted by atomic mass is 32.2. The van der Waals surface area contributed by atoms with E-state index < -0.39 is 0 Å². The summed E-state index contributed by atoms with van der Waals surface area (Å²) in [6.45, 7) is 0.564. The van der Waals surface area contributed by atoms with E-state index in [1.165, 1.54) is 17.8 Å². The summed E-state index contributed by atoms with van der Waals surface area (Å²) in [5.41, 5.74) is 5.74. The van der Waals surface area contributed by atoms with Gasteiger partial charge in [0.1, 0.15) is 5.75 Å². The van der Waals surface area contributed by atoms with Crippen LogP contribution in [0.4, 0.5) is 5.69 Å². The van der Waals surface area contributed by atoms with Gasteiger partial charge >= 0.3 is 0 Å². The Morgan fingerprint density at radius 2 is 2.20 bits per heavy atom. The third-order valence-electron chi connectivity index (χ3n) is 1.67. The molecule has 0 heterocycles. The number of carbonyl (C=O) groups is 1. The van der Waals surface area contributed by atoms with Crippen molar-refractivity contribution in [1.82, 2.24) is 0 Å². The lowest BCUT2D eigenvalue weighted by molar-refractivity contribution is -0.113. The minimum absolute atomic E-state index is 0.0784. The number of nitrogens with two attached hydrogens (primary N) is 1. The van der Waals surface area contributed by atoms with Crippen LogP contribution in [0, 0.1) is 0 Å². The molecule has 4 nitrogen and oxygen atoms in total. The first kappa shape index (κ1) is 11.9. The standard InChI is InChI=1S/C10H14N2O2S/c11-5-6-15-7-10(14)12-8-3-1-2-4-9(8)13/h1-4,13H,5-7,11H2,(H,12,14). The zero-order valence-electron chi connectivity index (χ0n) is 8.27. The fourth-order valence-electron chi connectivity index (χ4n) is 1.01. The molecule has 1 amide bonds. The fraction of sp³-hybridized carbons (Fsp3) is 0.300. The van der Waals surface area contributed by atoms with Crippen LogP contribution in [0.15, 0.2) is 24.3 Å². The molecule has 0 aliphatic rings. The highest BCUT2D eigenvalue weighted by molar-refractivity contribution is 7.99. The number of phenolic OH excluding ortho intramolecular Hbond substituents is 1.